The molecule has 0 aromatic heterocycles. The number of nitrogens with one attached hydrogen (secondary N) is 2. The van der Waals surface area contributed by atoms with Gasteiger partial charge in [-0.3, -0.25) is 14.5 Å². The number of aliphatic imine (C=N–C) groups is 1. The second-order valence-corrected chi connectivity index (χ2v) is 7.99. The summed E-state index contributed by atoms with van der Waals surface area (Å²) >= 11 is 0. The normalized spacial score (nSPS) is 16.9. The van der Waals surface area contributed by atoms with Crippen molar-refractivity contribution in [3.63, 3.8) is 0 Å². The highest BCUT2D eigenvalue weighted by molar-refractivity contribution is 7.90. The lowest BCUT2D eigenvalue weighted by molar-refractivity contribution is -0.121. The average molecular weight is 351 g/mol. The summed E-state index contributed by atoms with van der Waals surface area (Å²) in [6, 6.07) is 6.83. The molecule has 2 rings (SSSR count). The number of carbonyl (C=O) groups excluding carboxylic acids is 1. The van der Waals surface area contributed by atoms with Gasteiger partial charge >= 0.3 is 0 Å². The molecule has 1 aliphatic heterocycles. The van der Waals surface area contributed by atoms with Gasteiger partial charge in [-0.1, -0.05) is 32.4 Å². The van der Waals surface area contributed by atoms with Gasteiger partial charge in [0, 0.05) is 25.1 Å². The second-order valence-electron chi connectivity index (χ2n) is 6.34. The predicted octanol–water partition coefficient (Wildman–Crippen LogP) is 2.06. The molecule has 7 heteroatoms. The van der Waals surface area contributed by atoms with Crippen LogP contribution in [-0.2, 0) is 14.8 Å². The first kappa shape index (κ1) is 18.4. The number of carbonyl (C=O) groups is 1. The van der Waals surface area contributed by atoms with Gasteiger partial charge in [-0.15, -0.1) is 0 Å². The predicted molar refractivity (Wildman–Crippen MR) is 94.5 cm³/mol. The summed E-state index contributed by atoms with van der Waals surface area (Å²) < 4.78 is 26.4. The number of unbranched alkanes of at least 4 members (excludes halogenated alkanes) is 2. The lowest BCUT2D eigenvalue weighted by Crippen LogP contribution is -2.26. The van der Waals surface area contributed by atoms with Crippen molar-refractivity contribution in [3.8, 4) is 0 Å². The smallest absolute Gasteiger partial charge is 0.263 e. The molecule has 1 aliphatic rings. The molecule has 0 radical (unpaired) electrons. The standard InChI is InChI=1S/C17H25N3O3S/c1-13(2)12-19-16(21)10-4-3-7-11-18-17-14-8-5-6-9-15(14)24(22,23)20-17/h5-6,8-9,13H,3-4,7,10-12H2,1-2H3,(H,18,20)(H,19,21). The Bertz CT molecular complexity index is 712. The molecule has 0 bridgehead atoms. The number of amidine groups is 1. The zero-order chi connectivity index (χ0) is 17.6. The molecular weight excluding hydrogens is 326 g/mol. The Morgan fingerprint density at radius 3 is 2.71 bits per heavy atom. The van der Waals surface area contributed by atoms with Gasteiger partial charge in [0.15, 0.2) is 0 Å². The molecule has 2 N–H and O–H groups in total. The van der Waals surface area contributed by atoms with Gasteiger partial charge in [0.2, 0.25) is 5.91 Å². The molecule has 0 saturated heterocycles. The number of hydrogen-bond acceptors (Lipinski definition) is 4. The Kier molecular flexibility index (Phi) is 6.36. The van der Waals surface area contributed by atoms with E-state index in [1.165, 1.54) is 0 Å². The van der Waals surface area contributed by atoms with Crippen LogP contribution in [0.1, 0.15) is 45.1 Å². The van der Waals surface area contributed by atoms with Crippen molar-refractivity contribution in [1.29, 1.82) is 0 Å². The molecule has 1 aromatic carbocycles. The van der Waals surface area contributed by atoms with Gasteiger partial charge in [0.25, 0.3) is 10.0 Å². The maximum absolute atomic E-state index is 11.9. The highest BCUT2D eigenvalue weighted by Gasteiger charge is 2.29. The van der Waals surface area contributed by atoms with E-state index in [0.29, 0.717) is 36.8 Å². The summed E-state index contributed by atoms with van der Waals surface area (Å²) in [5.74, 6) is 0.968. The number of fused-ring (bicyclic) bond motifs is 1. The van der Waals surface area contributed by atoms with Crippen molar-refractivity contribution >= 4 is 21.8 Å². The first-order chi connectivity index (χ1) is 11.4. The van der Waals surface area contributed by atoms with Gasteiger partial charge in [-0.25, -0.2) is 8.42 Å². The van der Waals surface area contributed by atoms with E-state index >= 15 is 0 Å². The number of amides is 1. The molecule has 0 atom stereocenters. The van der Waals surface area contributed by atoms with E-state index in [4.69, 9.17) is 0 Å². The van der Waals surface area contributed by atoms with E-state index in [2.05, 4.69) is 28.9 Å². The van der Waals surface area contributed by atoms with Crippen LogP contribution >= 0.6 is 0 Å². The minimum absolute atomic E-state index is 0.0903. The molecule has 0 unspecified atom stereocenters. The molecular formula is C17H25N3O3S. The Balaban J connectivity index is 1.73. The quantitative estimate of drug-likeness (QED) is 0.703. The van der Waals surface area contributed by atoms with Crippen molar-refractivity contribution in [1.82, 2.24) is 10.0 Å². The van der Waals surface area contributed by atoms with Gasteiger partial charge in [-0.2, -0.15) is 0 Å². The van der Waals surface area contributed by atoms with Crippen LogP contribution in [0.5, 0.6) is 0 Å². The van der Waals surface area contributed by atoms with E-state index in [9.17, 15) is 13.2 Å². The van der Waals surface area contributed by atoms with Crippen LogP contribution in [0.15, 0.2) is 34.2 Å². The lowest BCUT2D eigenvalue weighted by atomic mass is 10.1. The van der Waals surface area contributed by atoms with E-state index in [-0.39, 0.29) is 10.8 Å². The number of rotatable bonds is 8. The van der Waals surface area contributed by atoms with Crippen LogP contribution in [0.3, 0.4) is 0 Å². The van der Waals surface area contributed by atoms with Crippen LogP contribution in [0, 0.1) is 5.92 Å². The maximum atomic E-state index is 11.9. The zero-order valence-corrected chi connectivity index (χ0v) is 15.0. The van der Waals surface area contributed by atoms with Gasteiger partial charge in [0.05, 0.1) is 4.90 Å². The lowest BCUT2D eigenvalue weighted by Gasteiger charge is -2.07. The molecule has 6 nitrogen and oxygen atoms in total. The van der Waals surface area contributed by atoms with Crippen LogP contribution in [0.4, 0.5) is 0 Å². The minimum Gasteiger partial charge on any atom is -0.356 e. The molecule has 1 aromatic rings. The fourth-order valence-corrected chi connectivity index (χ4v) is 3.67. The third kappa shape index (κ3) is 5.06. The molecule has 0 fully saturated rings. The molecule has 24 heavy (non-hydrogen) atoms. The Morgan fingerprint density at radius 1 is 1.21 bits per heavy atom. The zero-order valence-electron chi connectivity index (χ0n) is 14.2. The Labute approximate surface area is 143 Å². The van der Waals surface area contributed by atoms with Crippen molar-refractivity contribution in [2.24, 2.45) is 10.9 Å². The van der Waals surface area contributed by atoms with Crippen molar-refractivity contribution in [3.05, 3.63) is 29.8 Å². The third-order valence-corrected chi connectivity index (χ3v) is 5.10. The summed E-state index contributed by atoms with van der Waals surface area (Å²) in [5.41, 5.74) is 0.630. The topological polar surface area (TPSA) is 87.6 Å². The molecule has 132 valence electrons. The first-order valence-electron chi connectivity index (χ1n) is 8.33. The largest absolute Gasteiger partial charge is 0.356 e. The van der Waals surface area contributed by atoms with Crippen LogP contribution < -0.4 is 10.0 Å². The van der Waals surface area contributed by atoms with Gasteiger partial charge < -0.3 is 5.32 Å². The fourth-order valence-electron chi connectivity index (χ4n) is 2.42. The Morgan fingerprint density at radius 2 is 1.96 bits per heavy atom. The molecule has 0 saturated carbocycles. The first-order valence-corrected chi connectivity index (χ1v) is 9.82. The van der Waals surface area contributed by atoms with E-state index in [1.807, 2.05) is 0 Å². The molecule has 1 heterocycles. The molecule has 0 spiro atoms. The minimum atomic E-state index is -3.46. The molecule has 0 aliphatic carbocycles. The second kappa shape index (κ2) is 8.28. The number of nitrogens with zero attached hydrogens (tertiary/aromatic N) is 1. The molecule has 1 amide bonds. The highest BCUT2D eigenvalue weighted by Crippen LogP contribution is 2.22. The number of hydrogen-bond donors (Lipinski definition) is 2. The summed E-state index contributed by atoms with van der Waals surface area (Å²) in [5, 5.41) is 2.89. The Hall–Kier alpha value is -1.89. The van der Waals surface area contributed by atoms with Crippen molar-refractivity contribution < 1.29 is 13.2 Å². The van der Waals surface area contributed by atoms with Crippen LogP contribution in [-0.4, -0.2) is 33.3 Å². The van der Waals surface area contributed by atoms with Gasteiger partial charge in [-0.05, 0) is 30.9 Å². The number of sulfonamides is 1. The van der Waals surface area contributed by atoms with E-state index in [1.54, 1.807) is 24.3 Å². The number of benzene rings is 1. The monoisotopic (exact) mass is 351 g/mol. The van der Waals surface area contributed by atoms with Gasteiger partial charge in [0.1, 0.15) is 5.84 Å². The summed E-state index contributed by atoms with van der Waals surface area (Å²) in [6.45, 7) is 5.38. The van der Waals surface area contributed by atoms with Crippen molar-refractivity contribution in [2.45, 2.75) is 44.4 Å². The van der Waals surface area contributed by atoms with Crippen LogP contribution in [0.25, 0.3) is 0 Å². The highest BCUT2D eigenvalue weighted by atomic mass is 32.2. The van der Waals surface area contributed by atoms with Crippen molar-refractivity contribution in [2.75, 3.05) is 13.1 Å². The van der Waals surface area contributed by atoms with Crippen LogP contribution in [0.2, 0.25) is 0 Å². The summed E-state index contributed by atoms with van der Waals surface area (Å²) in [4.78, 5) is 16.2. The average Bonchev–Trinajstić information content (AvgIpc) is 2.80. The summed E-state index contributed by atoms with van der Waals surface area (Å²) in [7, 11) is -3.46. The summed E-state index contributed by atoms with van der Waals surface area (Å²) in [6.07, 6.45) is 3.06. The fraction of sp³-hybridized carbons (Fsp3) is 0.529. The maximum Gasteiger partial charge on any atom is 0.263 e. The SMILES string of the molecule is CC(C)CNC(=O)CCCCCN=C1NS(=O)(=O)c2ccccc21. The third-order valence-electron chi connectivity index (χ3n) is 3.70. The van der Waals surface area contributed by atoms with E-state index in [0.717, 1.165) is 19.3 Å². The van der Waals surface area contributed by atoms with E-state index < -0.39 is 10.0 Å².